The van der Waals surface area contributed by atoms with Crippen molar-refractivity contribution >= 4 is 35.3 Å². The van der Waals surface area contributed by atoms with Crippen LogP contribution in [0.25, 0.3) is 12.2 Å². The number of hydrogen-bond acceptors (Lipinski definition) is 6. The number of Topliss-reactive ketones (excluding diaryl/α,β-unsaturated/α-hetero) is 1. The maximum absolute atomic E-state index is 13.3. The Labute approximate surface area is 184 Å². The van der Waals surface area contributed by atoms with Gasteiger partial charge < -0.3 is 15.8 Å². The van der Waals surface area contributed by atoms with Crippen LogP contribution in [0.1, 0.15) is 19.3 Å². The van der Waals surface area contributed by atoms with Gasteiger partial charge in [-0.1, -0.05) is 0 Å². The molecule has 0 saturated carbocycles. The molecule has 8 heteroatoms. The van der Waals surface area contributed by atoms with E-state index in [-0.39, 0.29) is 11.8 Å². The van der Waals surface area contributed by atoms with Gasteiger partial charge in [0.15, 0.2) is 5.78 Å². The number of aromatic nitrogens is 1. The van der Waals surface area contributed by atoms with Crippen molar-refractivity contribution in [1.82, 2.24) is 10.3 Å². The maximum Gasteiger partial charge on any atom is 0.305 e. The molecule has 0 aromatic carbocycles. The van der Waals surface area contributed by atoms with E-state index in [0.717, 1.165) is 27.8 Å². The summed E-state index contributed by atoms with van der Waals surface area (Å²) in [4.78, 5) is 37.1. The Morgan fingerprint density at radius 3 is 2.44 bits per heavy atom. The van der Waals surface area contributed by atoms with Crippen molar-refractivity contribution in [3.8, 4) is 0 Å². The average Bonchev–Trinajstić information content (AvgIpc) is 3.52. The molecule has 5 heterocycles. The van der Waals surface area contributed by atoms with Gasteiger partial charge in [0.05, 0.1) is 35.3 Å². The number of carbonyl (C=O) groups excluding carboxylic acids is 1. The van der Waals surface area contributed by atoms with E-state index in [0.29, 0.717) is 18.5 Å². The summed E-state index contributed by atoms with van der Waals surface area (Å²) >= 11 is 0. The molecule has 32 heavy (non-hydrogen) atoms. The molecule has 0 aliphatic carbocycles. The van der Waals surface area contributed by atoms with Crippen LogP contribution < -0.4 is 21.7 Å². The lowest BCUT2D eigenvalue weighted by Gasteiger charge is -2.28. The minimum absolute atomic E-state index is 0.110. The average molecular weight is 429 g/mol. The van der Waals surface area contributed by atoms with Gasteiger partial charge in [-0.25, -0.2) is 9.98 Å². The Kier molecular flexibility index (Phi) is 4.96. The monoisotopic (exact) mass is 429 g/mol. The summed E-state index contributed by atoms with van der Waals surface area (Å²) < 4.78 is 0. The molecule has 1 saturated heterocycles. The van der Waals surface area contributed by atoms with Gasteiger partial charge in [0, 0.05) is 16.7 Å². The number of aliphatic imine (C=N–C) groups is 2. The van der Waals surface area contributed by atoms with Crippen LogP contribution in [0.5, 0.6) is 0 Å². The number of carboxylic acid groups (broad SMARTS) is 1. The second-order valence-electron chi connectivity index (χ2n) is 8.39. The zero-order valence-corrected chi connectivity index (χ0v) is 17.3. The lowest BCUT2D eigenvalue weighted by atomic mass is 9.86. The maximum atomic E-state index is 13.3. The molecule has 1 aromatic heterocycles. The smallest absolute Gasteiger partial charge is 0.305 e. The number of hydrogen-bond donors (Lipinski definition) is 4. The van der Waals surface area contributed by atoms with Gasteiger partial charge in [-0.2, -0.15) is 0 Å². The van der Waals surface area contributed by atoms with Crippen LogP contribution in [0, 0.1) is 0 Å². The normalized spacial score (nSPS) is 26.5. The Morgan fingerprint density at radius 1 is 1.09 bits per heavy atom. The molecule has 1 fully saturated rings. The highest BCUT2D eigenvalue weighted by molar-refractivity contribution is 6.20. The zero-order valence-electron chi connectivity index (χ0n) is 17.3. The molecule has 0 spiro atoms. The van der Waals surface area contributed by atoms with Gasteiger partial charge in [-0.3, -0.25) is 14.9 Å². The van der Waals surface area contributed by atoms with Gasteiger partial charge >= 0.3 is 5.97 Å². The van der Waals surface area contributed by atoms with Crippen LogP contribution in [0.15, 0.2) is 70.0 Å². The molecular weight excluding hydrogens is 406 g/mol. The second-order valence-corrected chi connectivity index (χ2v) is 8.39. The predicted octanol–water partition coefficient (Wildman–Crippen LogP) is 0.241. The number of ketones is 1. The predicted molar refractivity (Wildman–Crippen MR) is 122 cm³/mol. The molecule has 8 bridgehead atoms. The number of aromatic amines is 1. The van der Waals surface area contributed by atoms with Crippen LogP contribution in [0.3, 0.4) is 0 Å². The highest BCUT2D eigenvalue weighted by Crippen LogP contribution is 2.31. The highest BCUT2D eigenvalue weighted by Gasteiger charge is 2.45. The number of carboxylic acids is 1. The van der Waals surface area contributed by atoms with Crippen molar-refractivity contribution < 1.29 is 14.7 Å². The SMILES string of the molecule is N[C@@H](CC(=O)O)C(=O)C12C=C3C=CC(=N3)C=c3ccc([nH]3)=CC3=NC(=CC(CC1)N2)C=C3. The summed E-state index contributed by atoms with van der Waals surface area (Å²) in [5, 5.41) is 14.4. The van der Waals surface area contributed by atoms with Gasteiger partial charge in [-0.15, -0.1) is 0 Å². The summed E-state index contributed by atoms with van der Waals surface area (Å²) in [5.41, 5.74) is 7.94. The van der Waals surface area contributed by atoms with Crippen molar-refractivity contribution in [3.63, 3.8) is 0 Å². The molecule has 0 radical (unpaired) electrons. The molecule has 0 amide bonds. The molecule has 4 aliphatic heterocycles. The molecule has 4 aliphatic rings. The van der Waals surface area contributed by atoms with Crippen LogP contribution in [0.4, 0.5) is 0 Å². The fourth-order valence-electron chi connectivity index (χ4n) is 4.47. The lowest BCUT2D eigenvalue weighted by Crippen LogP contribution is -2.55. The second kappa shape index (κ2) is 7.81. The lowest BCUT2D eigenvalue weighted by molar-refractivity contribution is -0.139. The van der Waals surface area contributed by atoms with Crippen molar-refractivity contribution in [2.75, 3.05) is 0 Å². The number of fused-ring (bicyclic) bond motifs is 6. The summed E-state index contributed by atoms with van der Waals surface area (Å²) in [6.45, 7) is 0. The topological polar surface area (TPSA) is 133 Å². The molecule has 162 valence electrons. The van der Waals surface area contributed by atoms with Crippen LogP contribution >= 0.6 is 0 Å². The van der Waals surface area contributed by atoms with Crippen molar-refractivity contribution in [3.05, 3.63) is 70.7 Å². The number of carbonyl (C=O) groups is 2. The molecule has 5 rings (SSSR count). The third-order valence-corrected chi connectivity index (χ3v) is 5.93. The van der Waals surface area contributed by atoms with Crippen LogP contribution in [-0.2, 0) is 9.59 Å². The number of rotatable bonds is 4. The van der Waals surface area contributed by atoms with E-state index >= 15 is 0 Å². The standard InChI is InChI=1S/C24H23N5O3/c25-21(12-22(30)31)23(32)24-8-7-19(29-24)11-18-4-3-15(27-18)9-14-1-2-16(26-14)10-17-5-6-20(13-24)28-17/h1-6,9-11,13,19,21,26,29H,7-8,12,25H2,(H,30,31)/t19?,21-,24?/m0/s1. The molecule has 2 unspecified atom stereocenters. The number of nitrogens with zero attached hydrogens (tertiary/aromatic N) is 2. The van der Waals surface area contributed by atoms with Gasteiger partial charge in [-0.05, 0) is 73.6 Å². The number of aliphatic carboxylic acids is 1. The largest absolute Gasteiger partial charge is 0.481 e. The van der Waals surface area contributed by atoms with E-state index in [1.807, 2.05) is 54.7 Å². The summed E-state index contributed by atoms with van der Waals surface area (Å²) in [7, 11) is 0. The van der Waals surface area contributed by atoms with E-state index < -0.39 is 24.0 Å². The molecule has 5 N–H and O–H groups in total. The number of nitrogens with two attached hydrogens (primary N) is 1. The van der Waals surface area contributed by atoms with Crippen LogP contribution in [0.2, 0.25) is 0 Å². The van der Waals surface area contributed by atoms with E-state index in [2.05, 4.69) is 20.3 Å². The zero-order chi connectivity index (χ0) is 22.3. The van der Waals surface area contributed by atoms with Crippen molar-refractivity contribution in [2.45, 2.75) is 36.9 Å². The number of allylic oxidation sites excluding steroid dienone is 4. The first-order valence-corrected chi connectivity index (χ1v) is 10.5. The van der Waals surface area contributed by atoms with E-state index in [4.69, 9.17) is 10.8 Å². The molecule has 3 atom stereocenters. The van der Waals surface area contributed by atoms with Gasteiger partial charge in [0.1, 0.15) is 5.54 Å². The Morgan fingerprint density at radius 2 is 1.75 bits per heavy atom. The third kappa shape index (κ3) is 3.98. The van der Waals surface area contributed by atoms with Crippen LogP contribution in [-0.4, -0.2) is 50.9 Å². The summed E-state index contributed by atoms with van der Waals surface area (Å²) in [6.07, 6.45) is 16.0. The molecule has 8 nitrogen and oxygen atoms in total. The van der Waals surface area contributed by atoms with Gasteiger partial charge in [0.2, 0.25) is 0 Å². The quantitative estimate of drug-likeness (QED) is 0.544. The summed E-state index contributed by atoms with van der Waals surface area (Å²) in [6, 6.07) is 2.73. The minimum atomic E-state index is -1.11. The first-order valence-electron chi connectivity index (χ1n) is 10.5. The van der Waals surface area contributed by atoms with Crippen molar-refractivity contribution in [2.24, 2.45) is 15.7 Å². The van der Waals surface area contributed by atoms with E-state index in [9.17, 15) is 9.59 Å². The fraction of sp³-hybridized carbons (Fsp3) is 0.250. The summed E-state index contributed by atoms with van der Waals surface area (Å²) in [5.74, 6) is -1.45. The fourth-order valence-corrected chi connectivity index (χ4v) is 4.47. The molecular formula is C24H23N5O3. The van der Waals surface area contributed by atoms with Crippen molar-refractivity contribution in [1.29, 1.82) is 0 Å². The Balaban J connectivity index is 1.61. The Bertz CT molecular complexity index is 1310. The number of nitrogens with one attached hydrogen (secondary N) is 2. The Hall–Kier alpha value is -3.62. The minimum Gasteiger partial charge on any atom is -0.481 e. The third-order valence-electron chi connectivity index (χ3n) is 5.93. The first-order chi connectivity index (χ1) is 15.4. The first kappa shape index (κ1) is 20.3. The van der Waals surface area contributed by atoms with Gasteiger partial charge in [0.25, 0.3) is 0 Å². The van der Waals surface area contributed by atoms with E-state index in [1.54, 1.807) is 6.08 Å². The highest BCUT2D eigenvalue weighted by atomic mass is 16.4. The van der Waals surface area contributed by atoms with E-state index in [1.165, 1.54) is 0 Å². The molecule has 1 aromatic rings. The number of H-pyrrole nitrogens is 1.